The van der Waals surface area contributed by atoms with Crippen LogP contribution in [0.5, 0.6) is 0 Å². The number of esters is 3. The topological polar surface area (TPSA) is 78.9 Å². The Hall–Kier alpha value is -1.85. The van der Waals surface area contributed by atoms with Crippen molar-refractivity contribution in [2.24, 2.45) is 0 Å². The van der Waals surface area contributed by atoms with E-state index in [1.54, 1.807) is 0 Å². The first-order chi connectivity index (χ1) is 29.0. The van der Waals surface area contributed by atoms with Gasteiger partial charge in [-0.05, 0) is 44.9 Å². The van der Waals surface area contributed by atoms with Gasteiger partial charge in [-0.15, -0.1) is 0 Å². The van der Waals surface area contributed by atoms with Crippen LogP contribution in [-0.4, -0.2) is 37.2 Å². The van der Waals surface area contributed by atoms with Crippen molar-refractivity contribution in [1.82, 2.24) is 0 Å². The van der Waals surface area contributed by atoms with Crippen molar-refractivity contribution in [1.29, 1.82) is 0 Å². The second-order valence-electron chi connectivity index (χ2n) is 17.8. The van der Waals surface area contributed by atoms with E-state index in [2.05, 4.69) is 32.9 Å². The molecule has 59 heavy (non-hydrogen) atoms. The maximum absolute atomic E-state index is 12.8. The van der Waals surface area contributed by atoms with Gasteiger partial charge in [-0.1, -0.05) is 238 Å². The number of ether oxygens (including phenoxy) is 3. The minimum absolute atomic E-state index is 0.0681. The zero-order valence-electron chi connectivity index (χ0n) is 39.8. The minimum Gasteiger partial charge on any atom is -0.462 e. The van der Waals surface area contributed by atoms with Gasteiger partial charge in [0.25, 0.3) is 0 Å². The van der Waals surface area contributed by atoms with Crippen LogP contribution in [0.2, 0.25) is 0 Å². The SMILES string of the molecule is CCCCCCCC/C=C\CCCCCCCC(=O)OC(COC(=O)CCCCCCCCCCCC)COC(=O)CCCCCCCCCCCCCCCCCC. The fourth-order valence-corrected chi connectivity index (χ4v) is 7.79. The maximum atomic E-state index is 12.8. The number of carbonyl (C=O) groups is 3. The largest absolute Gasteiger partial charge is 0.462 e. The molecule has 0 aromatic heterocycles. The van der Waals surface area contributed by atoms with E-state index in [4.69, 9.17) is 14.2 Å². The molecule has 1 unspecified atom stereocenters. The van der Waals surface area contributed by atoms with Crippen molar-refractivity contribution < 1.29 is 28.6 Å². The molecule has 0 spiro atoms. The molecule has 0 rings (SSSR count). The summed E-state index contributed by atoms with van der Waals surface area (Å²) in [4.78, 5) is 37.9. The minimum atomic E-state index is -0.767. The second-order valence-corrected chi connectivity index (χ2v) is 17.8. The third-order valence-electron chi connectivity index (χ3n) is 11.8. The molecular weight excluding hydrogens is 733 g/mol. The molecule has 1 atom stereocenters. The van der Waals surface area contributed by atoms with E-state index in [1.807, 2.05) is 0 Å². The molecule has 0 aliphatic rings. The van der Waals surface area contributed by atoms with E-state index >= 15 is 0 Å². The smallest absolute Gasteiger partial charge is 0.306 e. The van der Waals surface area contributed by atoms with Crippen molar-refractivity contribution in [2.45, 2.75) is 297 Å². The average Bonchev–Trinajstić information content (AvgIpc) is 3.23. The van der Waals surface area contributed by atoms with Crippen molar-refractivity contribution in [2.75, 3.05) is 13.2 Å². The van der Waals surface area contributed by atoms with Crippen molar-refractivity contribution in [3.8, 4) is 0 Å². The molecule has 0 amide bonds. The molecule has 0 fully saturated rings. The Morgan fingerprint density at radius 1 is 0.322 bits per heavy atom. The van der Waals surface area contributed by atoms with Crippen LogP contribution < -0.4 is 0 Å². The number of hydrogen-bond acceptors (Lipinski definition) is 6. The molecule has 0 aliphatic heterocycles. The summed E-state index contributed by atoms with van der Waals surface area (Å²) >= 11 is 0. The number of carbonyl (C=O) groups excluding carboxylic acids is 3. The van der Waals surface area contributed by atoms with Gasteiger partial charge < -0.3 is 14.2 Å². The van der Waals surface area contributed by atoms with E-state index in [0.717, 1.165) is 64.2 Å². The van der Waals surface area contributed by atoms with Crippen LogP contribution in [0.15, 0.2) is 12.2 Å². The summed E-state index contributed by atoms with van der Waals surface area (Å²) in [6, 6.07) is 0. The molecule has 6 heteroatoms. The van der Waals surface area contributed by atoms with Crippen molar-refractivity contribution >= 4 is 17.9 Å². The highest BCUT2D eigenvalue weighted by Gasteiger charge is 2.19. The molecule has 348 valence electrons. The lowest BCUT2D eigenvalue weighted by Crippen LogP contribution is -2.30. The quantitative estimate of drug-likeness (QED) is 0.0263. The van der Waals surface area contributed by atoms with Gasteiger partial charge in [0.2, 0.25) is 0 Å². The van der Waals surface area contributed by atoms with Crippen LogP contribution >= 0.6 is 0 Å². The third kappa shape index (κ3) is 47.1. The lowest BCUT2D eigenvalue weighted by molar-refractivity contribution is -0.167. The number of unbranched alkanes of at least 4 members (excludes halogenated alkanes) is 35. The van der Waals surface area contributed by atoms with E-state index < -0.39 is 6.10 Å². The highest BCUT2D eigenvalue weighted by molar-refractivity contribution is 5.71. The molecule has 0 aromatic rings. The zero-order chi connectivity index (χ0) is 43.0. The van der Waals surface area contributed by atoms with E-state index in [1.165, 1.54) is 186 Å². The van der Waals surface area contributed by atoms with Crippen LogP contribution in [0.25, 0.3) is 0 Å². The summed E-state index contributed by atoms with van der Waals surface area (Å²) in [7, 11) is 0. The fourth-order valence-electron chi connectivity index (χ4n) is 7.79. The van der Waals surface area contributed by atoms with E-state index in [0.29, 0.717) is 19.3 Å². The van der Waals surface area contributed by atoms with Crippen LogP contribution in [0.4, 0.5) is 0 Å². The Balaban J connectivity index is 4.30. The normalized spacial score (nSPS) is 12.0. The first-order valence-electron chi connectivity index (χ1n) is 26.2. The van der Waals surface area contributed by atoms with Crippen molar-refractivity contribution in [3.63, 3.8) is 0 Å². The molecule has 0 heterocycles. The maximum Gasteiger partial charge on any atom is 0.306 e. The van der Waals surface area contributed by atoms with E-state index in [9.17, 15) is 14.4 Å². The Bertz CT molecular complexity index is 916. The molecule has 6 nitrogen and oxygen atoms in total. The standard InChI is InChI=1S/C53H100O6/c1-4-7-10-13-16-19-22-24-26-28-29-31-34-37-40-43-46-52(55)58-49-50(48-57-51(54)45-42-39-36-33-21-18-15-12-9-6-3)59-53(56)47-44-41-38-35-32-30-27-25-23-20-17-14-11-8-5-2/h25,27,50H,4-24,26,28-49H2,1-3H3/b27-25-. The molecule has 0 aliphatic carbocycles. The van der Waals surface area contributed by atoms with Gasteiger partial charge in [0.1, 0.15) is 13.2 Å². The highest BCUT2D eigenvalue weighted by atomic mass is 16.6. The number of hydrogen-bond donors (Lipinski definition) is 0. The van der Waals surface area contributed by atoms with Gasteiger partial charge in [0.15, 0.2) is 6.10 Å². The number of allylic oxidation sites excluding steroid dienone is 2. The predicted molar refractivity (Wildman–Crippen MR) is 252 cm³/mol. The Kier molecular flexibility index (Phi) is 47.3. The lowest BCUT2D eigenvalue weighted by Gasteiger charge is -2.18. The lowest BCUT2D eigenvalue weighted by atomic mass is 10.0. The summed E-state index contributed by atoms with van der Waals surface area (Å²) in [5.74, 6) is -0.861. The van der Waals surface area contributed by atoms with Gasteiger partial charge in [-0.25, -0.2) is 0 Å². The Labute approximate surface area is 367 Å². The van der Waals surface area contributed by atoms with Crippen LogP contribution in [0, 0.1) is 0 Å². The highest BCUT2D eigenvalue weighted by Crippen LogP contribution is 2.16. The summed E-state index contributed by atoms with van der Waals surface area (Å²) in [5.41, 5.74) is 0. The molecular formula is C53H100O6. The summed E-state index contributed by atoms with van der Waals surface area (Å²) in [6.07, 6.45) is 53.4. The van der Waals surface area contributed by atoms with Gasteiger partial charge >= 0.3 is 17.9 Å². The first kappa shape index (κ1) is 57.1. The van der Waals surface area contributed by atoms with Crippen molar-refractivity contribution in [3.05, 3.63) is 12.2 Å². The Morgan fingerprint density at radius 2 is 0.559 bits per heavy atom. The second kappa shape index (κ2) is 48.8. The fraction of sp³-hybridized carbons (Fsp3) is 0.906. The summed E-state index contributed by atoms with van der Waals surface area (Å²) in [5, 5.41) is 0. The summed E-state index contributed by atoms with van der Waals surface area (Å²) in [6.45, 7) is 6.65. The zero-order valence-corrected chi connectivity index (χ0v) is 39.8. The summed E-state index contributed by atoms with van der Waals surface area (Å²) < 4.78 is 16.8. The predicted octanol–water partition coefficient (Wildman–Crippen LogP) is 17.0. The van der Waals surface area contributed by atoms with Crippen LogP contribution in [0.3, 0.4) is 0 Å². The molecule has 0 saturated heterocycles. The average molecular weight is 833 g/mol. The van der Waals surface area contributed by atoms with Crippen LogP contribution in [0.1, 0.15) is 290 Å². The van der Waals surface area contributed by atoms with Gasteiger partial charge in [-0.2, -0.15) is 0 Å². The molecule has 0 aromatic carbocycles. The molecule has 0 radical (unpaired) electrons. The van der Waals surface area contributed by atoms with Crippen LogP contribution in [-0.2, 0) is 28.6 Å². The first-order valence-corrected chi connectivity index (χ1v) is 26.2. The Morgan fingerprint density at radius 3 is 0.847 bits per heavy atom. The van der Waals surface area contributed by atoms with Gasteiger partial charge in [0, 0.05) is 19.3 Å². The van der Waals surface area contributed by atoms with Gasteiger partial charge in [0.05, 0.1) is 0 Å². The number of rotatable bonds is 48. The van der Waals surface area contributed by atoms with E-state index in [-0.39, 0.29) is 31.1 Å². The van der Waals surface area contributed by atoms with Gasteiger partial charge in [-0.3, -0.25) is 14.4 Å². The monoisotopic (exact) mass is 833 g/mol. The third-order valence-corrected chi connectivity index (χ3v) is 11.8. The molecule has 0 saturated carbocycles. The molecule has 0 N–H and O–H groups in total. The molecule has 0 bridgehead atoms.